The van der Waals surface area contributed by atoms with E-state index in [4.69, 9.17) is 0 Å². The Labute approximate surface area is 134 Å². The van der Waals surface area contributed by atoms with Gasteiger partial charge in [-0.3, -0.25) is 4.79 Å². The van der Waals surface area contributed by atoms with E-state index in [1.165, 1.54) is 23.5 Å². The number of nitrogens with zero attached hydrogens (tertiary/aromatic N) is 1. The molecule has 1 amide bonds. The molecule has 0 aliphatic rings. The molecule has 22 heavy (non-hydrogen) atoms. The molecule has 0 aliphatic carbocycles. The van der Waals surface area contributed by atoms with E-state index in [1.807, 2.05) is 18.4 Å². The van der Waals surface area contributed by atoms with E-state index in [1.54, 1.807) is 6.07 Å². The van der Waals surface area contributed by atoms with Gasteiger partial charge in [0.25, 0.3) is 0 Å². The van der Waals surface area contributed by atoms with E-state index in [0.717, 1.165) is 10.6 Å². The molecule has 1 heterocycles. The molecule has 0 bridgehead atoms. The maximum absolute atomic E-state index is 13.2. The minimum Gasteiger partial charge on any atom is -0.353 e. The van der Waals surface area contributed by atoms with Gasteiger partial charge in [0.2, 0.25) is 5.91 Å². The molecule has 118 valence electrons. The summed E-state index contributed by atoms with van der Waals surface area (Å²) in [5, 5.41) is 5.57. The summed E-state index contributed by atoms with van der Waals surface area (Å²) < 4.78 is 13.2. The Kier molecular flexibility index (Phi) is 4.96. The highest BCUT2D eigenvalue weighted by Gasteiger charge is 2.22. The van der Waals surface area contributed by atoms with Gasteiger partial charge in [-0.25, -0.2) is 9.37 Å². The van der Waals surface area contributed by atoms with Gasteiger partial charge >= 0.3 is 0 Å². The van der Waals surface area contributed by atoms with Crippen molar-refractivity contribution in [2.45, 2.75) is 40.2 Å². The molecule has 2 rings (SSSR count). The number of carbonyl (C=O) groups excluding carboxylic acids is 1. The van der Waals surface area contributed by atoms with Crippen LogP contribution >= 0.6 is 11.3 Å². The fraction of sp³-hybridized carbons (Fsp3) is 0.412. The van der Waals surface area contributed by atoms with Crippen molar-refractivity contribution in [2.75, 3.05) is 0 Å². The van der Waals surface area contributed by atoms with Crippen LogP contribution in [-0.2, 0) is 11.2 Å². The SMILES string of the molecule is CC(NC(=O)Cc1csc(-c2cccc(F)c2)n1)C(C)(C)C. The lowest BCUT2D eigenvalue weighted by Crippen LogP contribution is -2.42. The first-order chi connectivity index (χ1) is 10.3. The number of amides is 1. The summed E-state index contributed by atoms with van der Waals surface area (Å²) in [6.07, 6.45) is 0.242. The van der Waals surface area contributed by atoms with Crippen molar-refractivity contribution in [3.8, 4) is 10.6 Å². The van der Waals surface area contributed by atoms with Crippen LogP contribution in [0.25, 0.3) is 10.6 Å². The predicted molar refractivity (Wildman–Crippen MR) is 88.3 cm³/mol. The maximum atomic E-state index is 13.2. The summed E-state index contributed by atoms with van der Waals surface area (Å²) >= 11 is 1.42. The molecule has 0 saturated heterocycles. The van der Waals surface area contributed by atoms with Gasteiger partial charge in [-0.05, 0) is 24.5 Å². The third-order valence-electron chi connectivity index (χ3n) is 3.64. The second-order valence-electron chi connectivity index (χ2n) is 6.49. The van der Waals surface area contributed by atoms with Crippen LogP contribution in [-0.4, -0.2) is 16.9 Å². The van der Waals surface area contributed by atoms with Gasteiger partial charge in [0.05, 0.1) is 12.1 Å². The highest BCUT2D eigenvalue weighted by molar-refractivity contribution is 7.13. The third-order valence-corrected chi connectivity index (χ3v) is 4.58. The highest BCUT2D eigenvalue weighted by Crippen LogP contribution is 2.24. The van der Waals surface area contributed by atoms with Gasteiger partial charge in [-0.1, -0.05) is 32.9 Å². The standard InChI is InChI=1S/C17H21FN2OS/c1-11(17(2,3)4)19-15(21)9-14-10-22-16(20-14)12-6-5-7-13(18)8-12/h5-8,10-11H,9H2,1-4H3,(H,19,21). The van der Waals surface area contributed by atoms with Gasteiger partial charge in [0, 0.05) is 17.0 Å². The number of benzene rings is 1. The quantitative estimate of drug-likeness (QED) is 0.923. The minimum absolute atomic E-state index is 0.0183. The molecular formula is C17H21FN2OS. The smallest absolute Gasteiger partial charge is 0.226 e. The zero-order valence-electron chi connectivity index (χ0n) is 13.3. The van der Waals surface area contributed by atoms with Gasteiger partial charge in [0.1, 0.15) is 10.8 Å². The maximum Gasteiger partial charge on any atom is 0.226 e. The predicted octanol–water partition coefficient (Wildman–Crippen LogP) is 4.04. The molecule has 1 aromatic heterocycles. The number of rotatable bonds is 4. The minimum atomic E-state index is -0.286. The Morgan fingerprint density at radius 2 is 2.14 bits per heavy atom. The molecule has 3 nitrogen and oxygen atoms in total. The average Bonchev–Trinajstić information content (AvgIpc) is 2.86. The average molecular weight is 320 g/mol. The van der Waals surface area contributed by atoms with Crippen LogP contribution in [0.4, 0.5) is 4.39 Å². The molecule has 1 aromatic carbocycles. The number of aromatic nitrogens is 1. The highest BCUT2D eigenvalue weighted by atomic mass is 32.1. The van der Waals surface area contributed by atoms with Gasteiger partial charge < -0.3 is 5.32 Å². The van der Waals surface area contributed by atoms with Crippen molar-refractivity contribution < 1.29 is 9.18 Å². The Balaban J connectivity index is 2.02. The number of thiazole rings is 1. The van der Waals surface area contributed by atoms with Crippen LogP contribution in [0.2, 0.25) is 0 Å². The summed E-state index contributed by atoms with van der Waals surface area (Å²) in [5.41, 5.74) is 1.47. The van der Waals surface area contributed by atoms with Gasteiger partial charge in [0.15, 0.2) is 0 Å². The van der Waals surface area contributed by atoms with E-state index >= 15 is 0 Å². The summed E-state index contributed by atoms with van der Waals surface area (Å²) in [6.45, 7) is 8.26. The molecule has 0 fully saturated rings. The molecule has 2 aromatic rings. The lowest BCUT2D eigenvalue weighted by molar-refractivity contribution is -0.121. The second-order valence-corrected chi connectivity index (χ2v) is 7.34. The molecule has 1 unspecified atom stereocenters. The molecule has 0 saturated carbocycles. The third kappa shape index (κ3) is 4.37. The largest absolute Gasteiger partial charge is 0.353 e. The van der Waals surface area contributed by atoms with Crippen molar-refractivity contribution in [1.82, 2.24) is 10.3 Å². The Morgan fingerprint density at radius 1 is 1.41 bits per heavy atom. The molecule has 0 spiro atoms. The summed E-state index contributed by atoms with van der Waals surface area (Å²) in [5.74, 6) is -0.329. The molecule has 5 heteroatoms. The van der Waals surface area contributed by atoms with E-state index in [9.17, 15) is 9.18 Å². The van der Waals surface area contributed by atoms with Crippen molar-refractivity contribution in [1.29, 1.82) is 0 Å². The molecule has 0 radical (unpaired) electrons. The first-order valence-electron chi connectivity index (χ1n) is 7.25. The van der Waals surface area contributed by atoms with Crippen LogP contribution in [0.3, 0.4) is 0 Å². The zero-order valence-corrected chi connectivity index (χ0v) is 14.1. The Hall–Kier alpha value is -1.75. The van der Waals surface area contributed by atoms with Gasteiger partial charge in [-0.15, -0.1) is 11.3 Å². The van der Waals surface area contributed by atoms with Crippen LogP contribution in [0.15, 0.2) is 29.6 Å². The van der Waals surface area contributed by atoms with Crippen LogP contribution in [0.5, 0.6) is 0 Å². The Bertz CT molecular complexity index is 661. The topological polar surface area (TPSA) is 42.0 Å². The lowest BCUT2D eigenvalue weighted by Gasteiger charge is -2.27. The molecule has 1 N–H and O–H groups in total. The first-order valence-corrected chi connectivity index (χ1v) is 8.13. The van der Waals surface area contributed by atoms with Crippen molar-refractivity contribution in [3.63, 3.8) is 0 Å². The summed E-state index contributed by atoms with van der Waals surface area (Å²) in [7, 11) is 0. The Morgan fingerprint density at radius 3 is 2.77 bits per heavy atom. The second kappa shape index (κ2) is 6.57. The molecule has 0 aliphatic heterocycles. The molecule has 1 atom stereocenters. The first kappa shape index (κ1) is 16.6. The molecular weight excluding hydrogens is 299 g/mol. The van der Waals surface area contributed by atoms with Crippen LogP contribution in [0.1, 0.15) is 33.4 Å². The van der Waals surface area contributed by atoms with Crippen molar-refractivity contribution in [2.24, 2.45) is 5.41 Å². The van der Waals surface area contributed by atoms with E-state index in [2.05, 4.69) is 31.1 Å². The van der Waals surface area contributed by atoms with Crippen molar-refractivity contribution >= 4 is 17.2 Å². The number of carbonyl (C=O) groups is 1. The van der Waals surface area contributed by atoms with Crippen LogP contribution < -0.4 is 5.32 Å². The van der Waals surface area contributed by atoms with Crippen LogP contribution in [0, 0.1) is 11.2 Å². The summed E-state index contributed by atoms with van der Waals surface area (Å²) in [4.78, 5) is 16.5. The van der Waals surface area contributed by atoms with E-state index < -0.39 is 0 Å². The van der Waals surface area contributed by atoms with E-state index in [0.29, 0.717) is 5.69 Å². The normalized spacial score (nSPS) is 13.0. The number of nitrogens with one attached hydrogen (secondary N) is 1. The zero-order chi connectivity index (χ0) is 16.3. The fourth-order valence-corrected chi connectivity index (χ4v) is 2.63. The van der Waals surface area contributed by atoms with Gasteiger partial charge in [-0.2, -0.15) is 0 Å². The number of halogens is 1. The number of hydrogen-bond donors (Lipinski definition) is 1. The van der Waals surface area contributed by atoms with Crippen molar-refractivity contribution in [3.05, 3.63) is 41.2 Å². The van der Waals surface area contributed by atoms with E-state index in [-0.39, 0.29) is 29.6 Å². The monoisotopic (exact) mass is 320 g/mol. The lowest BCUT2D eigenvalue weighted by atomic mass is 9.88. The summed E-state index contributed by atoms with van der Waals surface area (Å²) in [6, 6.07) is 6.40. The number of hydrogen-bond acceptors (Lipinski definition) is 3. The fourth-order valence-electron chi connectivity index (χ4n) is 1.82.